The minimum Gasteiger partial charge on any atom is -0.493 e. The molecule has 0 fully saturated rings. The number of carboxylic acids is 1. The molecule has 0 saturated heterocycles. The van der Waals surface area contributed by atoms with Crippen molar-refractivity contribution in [2.45, 2.75) is 11.8 Å². The van der Waals surface area contributed by atoms with Gasteiger partial charge in [-0.1, -0.05) is 54.6 Å². The fraction of sp³-hybridized carbons (Fsp3) is 0.160. The number of carbonyl (C=O) groups is 1. The number of hydrogen-bond donors (Lipinski definition) is 1. The number of ether oxygens (including phenoxy) is 2. The Morgan fingerprint density at radius 2 is 1.74 bits per heavy atom. The highest BCUT2D eigenvalue weighted by Gasteiger charge is 2.11. The molecular weight excluding hydrogens is 476 g/mol. The van der Waals surface area contributed by atoms with E-state index in [0.29, 0.717) is 12.4 Å². The summed E-state index contributed by atoms with van der Waals surface area (Å²) >= 11 is 5.14. The van der Waals surface area contributed by atoms with Crippen LogP contribution in [0.15, 0.2) is 88.2 Å². The van der Waals surface area contributed by atoms with E-state index in [-0.39, 0.29) is 6.61 Å². The van der Waals surface area contributed by atoms with Crippen LogP contribution in [0.25, 0.3) is 5.57 Å². The molecule has 0 radical (unpaired) electrons. The first-order valence-electron chi connectivity index (χ1n) is 9.83. The molecule has 4 nitrogen and oxygen atoms in total. The summed E-state index contributed by atoms with van der Waals surface area (Å²) in [5.41, 5.74) is 3.32. The minimum atomic E-state index is -1.00. The first kappa shape index (κ1) is 23.0. The molecule has 0 aliphatic rings. The van der Waals surface area contributed by atoms with Crippen molar-refractivity contribution in [1.29, 1.82) is 0 Å². The van der Waals surface area contributed by atoms with Crippen LogP contribution >= 0.6 is 27.7 Å². The van der Waals surface area contributed by atoms with Crippen molar-refractivity contribution in [3.05, 3.63) is 94.5 Å². The fourth-order valence-electron chi connectivity index (χ4n) is 3.02. The Hall–Kier alpha value is -2.70. The highest BCUT2D eigenvalue weighted by molar-refractivity contribution is 9.10. The van der Waals surface area contributed by atoms with Crippen LogP contribution in [0.4, 0.5) is 0 Å². The van der Waals surface area contributed by atoms with Crippen molar-refractivity contribution >= 4 is 39.2 Å². The molecule has 0 heterocycles. The smallest absolute Gasteiger partial charge is 0.341 e. The van der Waals surface area contributed by atoms with E-state index in [0.717, 1.165) is 37.6 Å². The molecule has 6 heteroatoms. The Morgan fingerprint density at radius 1 is 1.00 bits per heavy atom. The third-order valence-electron chi connectivity index (χ3n) is 4.35. The number of benzene rings is 3. The van der Waals surface area contributed by atoms with Crippen LogP contribution in [0.2, 0.25) is 0 Å². The van der Waals surface area contributed by atoms with E-state index in [2.05, 4.69) is 40.2 Å². The first-order chi connectivity index (χ1) is 15.1. The zero-order chi connectivity index (χ0) is 22.1. The van der Waals surface area contributed by atoms with E-state index in [9.17, 15) is 4.79 Å². The third-order valence-corrected chi connectivity index (χ3v) is 5.89. The quantitative estimate of drug-likeness (QED) is 0.321. The average molecular weight is 499 g/mol. The molecule has 0 saturated carbocycles. The van der Waals surface area contributed by atoms with Gasteiger partial charge in [0.05, 0.1) is 11.1 Å². The van der Waals surface area contributed by atoms with Crippen LogP contribution in [-0.2, 0) is 4.79 Å². The Balaban J connectivity index is 1.81. The van der Waals surface area contributed by atoms with Crippen LogP contribution in [-0.4, -0.2) is 30.0 Å². The van der Waals surface area contributed by atoms with Gasteiger partial charge in [-0.2, -0.15) is 0 Å². The summed E-state index contributed by atoms with van der Waals surface area (Å²) in [7, 11) is 0. The van der Waals surface area contributed by atoms with Gasteiger partial charge in [-0.3, -0.25) is 0 Å². The number of para-hydroxylation sites is 1. The lowest BCUT2D eigenvalue weighted by Gasteiger charge is -2.14. The molecule has 1 N–H and O–H groups in total. The zero-order valence-electron chi connectivity index (χ0n) is 17.1. The van der Waals surface area contributed by atoms with Gasteiger partial charge in [0, 0.05) is 16.2 Å². The maximum atomic E-state index is 10.7. The van der Waals surface area contributed by atoms with Crippen LogP contribution in [0.3, 0.4) is 0 Å². The molecule has 160 valence electrons. The molecule has 0 unspecified atom stereocenters. The number of thioether (sulfide) groups is 1. The van der Waals surface area contributed by atoms with Gasteiger partial charge < -0.3 is 14.6 Å². The second-order valence-electron chi connectivity index (χ2n) is 6.50. The summed E-state index contributed by atoms with van der Waals surface area (Å²) < 4.78 is 11.9. The van der Waals surface area contributed by atoms with Crippen LogP contribution in [0.5, 0.6) is 11.5 Å². The lowest BCUT2D eigenvalue weighted by atomic mass is 9.97. The standard InChI is InChI=1S/C25H23BrO4S/c1-2-29-23-11-7-6-10-21(23)20(18-8-4-3-5-9-18)14-15-31-19-12-13-24(22(26)16-19)30-17-25(27)28/h3-14,16H,2,15,17H2,1H3,(H,27,28). The fourth-order valence-corrected chi connectivity index (χ4v) is 4.47. The van der Waals surface area contributed by atoms with Crippen LogP contribution in [0.1, 0.15) is 18.1 Å². The van der Waals surface area contributed by atoms with Crippen molar-refractivity contribution in [3.63, 3.8) is 0 Å². The number of aliphatic carboxylic acids is 1. The molecule has 0 aliphatic heterocycles. The maximum absolute atomic E-state index is 10.7. The van der Waals surface area contributed by atoms with Crippen LogP contribution < -0.4 is 9.47 Å². The van der Waals surface area contributed by atoms with Crippen molar-refractivity contribution in [3.8, 4) is 11.5 Å². The highest BCUT2D eigenvalue weighted by Crippen LogP contribution is 2.34. The second-order valence-corrected chi connectivity index (χ2v) is 8.45. The molecule has 0 atom stereocenters. The summed E-state index contributed by atoms with van der Waals surface area (Å²) in [5, 5.41) is 8.77. The molecule has 0 aliphatic carbocycles. The van der Waals surface area contributed by atoms with E-state index >= 15 is 0 Å². The average Bonchev–Trinajstić information content (AvgIpc) is 2.77. The highest BCUT2D eigenvalue weighted by atomic mass is 79.9. The molecule has 31 heavy (non-hydrogen) atoms. The molecule has 0 amide bonds. The predicted molar refractivity (Wildman–Crippen MR) is 129 cm³/mol. The molecule has 0 aromatic heterocycles. The predicted octanol–water partition coefficient (Wildman–Crippen LogP) is 6.54. The monoisotopic (exact) mass is 498 g/mol. The third kappa shape index (κ3) is 6.64. The number of rotatable bonds is 10. The maximum Gasteiger partial charge on any atom is 0.341 e. The van der Waals surface area contributed by atoms with Gasteiger partial charge in [-0.05, 0) is 58.3 Å². The molecule has 3 aromatic rings. The van der Waals surface area contributed by atoms with Gasteiger partial charge in [0.1, 0.15) is 11.5 Å². The summed E-state index contributed by atoms with van der Waals surface area (Å²) in [6.07, 6.45) is 2.21. The topological polar surface area (TPSA) is 55.8 Å². The molecule has 0 bridgehead atoms. The number of hydrogen-bond acceptors (Lipinski definition) is 4. The summed E-state index contributed by atoms with van der Waals surface area (Å²) in [5.74, 6) is 1.13. The van der Waals surface area contributed by atoms with E-state index in [4.69, 9.17) is 14.6 Å². The number of carboxylic acid groups (broad SMARTS) is 1. The Labute approximate surface area is 195 Å². The lowest BCUT2D eigenvalue weighted by molar-refractivity contribution is -0.139. The molecule has 0 spiro atoms. The van der Waals surface area contributed by atoms with Crippen molar-refractivity contribution in [1.82, 2.24) is 0 Å². The van der Waals surface area contributed by atoms with E-state index in [1.165, 1.54) is 0 Å². The van der Waals surface area contributed by atoms with Crippen molar-refractivity contribution in [2.75, 3.05) is 19.0 Å². The SMILES string of the molecule is CCOc1ccccc1C(=CCSc1ccc(OCC(=O)O)c(Br)c1)c1ccccc1. The molecule has 3 aromatic carbocycles. The summed E-state index contributed by atoms with van der Waals surface area (Å²) in [6.45, 7) is 2.23. The Bertz CT molecular complexity index is 1050. The van der Waals surface area contributed by atoms with E-state index < -0.39 is 5.97 Å². The molecule has 3 rings (SSSR count). The van der Waals surface area contributed by atoms with Gasteiger partial charge in [0.25, 0.3) is 0 Å². The van der Waals surface area contributed by atoms with Gasteiger partial charge in [0.15, 0.2) is 6.61 Å². The normalized spacial score (nSPS) is 11.2. The largest absolute Gasteiger partial charge is 0.493 e. The van der Waals surface area contributed by atoms with Gasteiger partial charge in [-0.15, -0.1) is 11.8 Å². The van der Waals surface area contributed by atoms with E-state index in [1.807, 2.05) is 55.5 Å². The van der Waals surface area contributed by atoms with Gasteiger partial charge >= 0.3 is 5.97 Å². The Kier molecular flexibility index (Phi) is 8.62. The summed E-state index contributed by atoms with van der Waals surface area (Å²) in [6, 6.07) is 24.0. The minimum absolute atomic E-state index is 0.368. The molecular formula is C25H23BrO4S. The van der Waals surface area contributed by atoms with Crippen LogP contribution in [0, 0.1) is 0 Å². The second kappa shape index (κ2) is 11.6. The van der Waals surface area contributed by atoms with Crippen molar-refractivity contribution < 1.29 is 19.4 Å². The van der Waals surface area contributed by atoms with E-state index in [1.54, 1.807) is 17.8 Å². The zero-order valence-corrected chi connectivity index (χ0v) is 19.5. The van der Waals surface area contributed by atoms with Gasteiger partial charge in [-0.25, -0.2) is 4.79 Å². The van der Waals surface area contributed by atoms with Crippen molar-refractivity contribution in [2.24, 2.45) is 0 Å². The first-order valence-corrected chi connectivity index (χ1v) is 11.6. The lowest BCUT2D eigenvalue weighted by Crippen LogP contribution is -2.09. The summed E-state index contributed by atoms with van der Waals surface area (Å²) in [4.78, 5) is 11.7. The number of halogens is 1. The Morgan fingerprint density at radius 3 is 2.45 bits per heavy atom. The van der Waals surface area contributed by atoms with Gasteiger partial charge in [0.2, 0.25) is 0 Å².